The van der Waals surface area contributed by atoms with Crippen LogP contribution in [0, 0.1) is 12.7 Å². The fourth-order valence-electron chi connectivity index (χ4n) is 2.58. The van der Waals surface area contributed by atoms with Gasteiger partial charge in [-0.05, 0) is 49.4 Å². The zero-order valence-electron chi connectivity index (χ0n) is 14.3. The lowest BCUT2D eigenvalue weighted by Gasteiger charge is -2.09. The molecule has 0 aliphatic heterocycles. The number of halogens is 1. The van der Waals surface area contributed by atoms with E-state index >= 15 is 0 Å². The zero-order chi connectivity index (χ0) is 18.9. The molecule has 1 aromatic heterocycles. The summed E-state index contributed by atoms with van der Waals surface area (Å²) in [6, 6.07) is 11.9. The molecule has 0 saturated heterocycles. The summed E-state index contributed by atoms with van der Waals surface area (Å²) >= 11 is 0. The van der Waals surface area contributed by atoms with Gasteiger partial charge in [-0.25, -0.2) is 12.8 Å². The third kappa shape index (κ3) is 3.57. The maximum Gasteiger partial charge on any atom is 0.257 e. The number of aryl methyl sites for hydroxylation is 1. The maximum absolute atomic E-state index is 13.3. The Hall–Kier alpha value is -2.80. The summed E-state index contributed by atoms with van der Waals surface area (Å²) in [5.74, 6) is -0.739. The van der Waals surface area contributed by atoms with Gasteiger partial charge < -0.3 is 5.32 Å². The maximum atomic E-state index is 13.3. The molecule has 0 unspecified atom stereocenters. The van der Waals surface area contributed by atoms with Gasteiger partial charge in [-0.2, -0.15) is 0 Å². The van der Waals surface area contributed by atoms with E-state index < -0.39 is 9.84 Å². The van der Waals surface area contributed by atoms with Gasteiger partial charge >= 0.3 is 0 Å². The highest BCUT2D eigenvalue weighted by Gasteiger charge is 2.14. The van der Waals surface area contributed by atoms with Crippen LogP contribution in [-0.2, 0) is 9.84 Å². The second-order valence-electron chi connectivity index (χ2n) is 5.84. The molecule has 1 heterocycles. The van der Waals surface area contributed by atoms with Gasteiger partial charge in [0, 0.05) is 17.1 Å². The van der Waals surface area contributed by atoms with Crippen LogP contribution in [0.3, 0.4) is 0 Å². The molecule has 3 aromatic rings. The largest absolute Gasteiger partial charge is 0.322 e. The molecule has 26 heavy (non-hydrogen) atoms. The second-order valence-corrected chi connectivity index (χ2v) is 8.12. The van der Waals surface area contributed by atoms with Gasteiger partial charge in [0.2, 0.25) is 0 Å². The number of pyridine rings is 1. The van der Waals surface area contributed by atoms with Crippen LogP contribution in [0.5, 0.6) is 0 Å². The Morgan fingerprint density at radius 3 is 2.46 bits per heavy atom. The first-order valence-corrected chi connectivity index (χ1v) is 9.66. The Morgan fingerprint density at radius 2 is 1.81 bits per heavy atom. The van der Waals surface area contributed by atoms with Crippen molar-refractivity contribution in [3.05, 3.63) is 65.6 Å². The van der Waals surface area contributed by atoms with E-state index in [0.717, 1.165) is 0 Å². The molecule has 3 rings (SSSR count). The van der Waals surface area contributed by atoms with E-state index in [1.807, 2.05) is 0 Å². The number of aromatic nitrogens is 1. The molecule has 1 N–H and O–H groups in total. The minimum atomic E-state index is -3.28. The van der Waals surface area contributed by atoms with Gasteiger partial charge in [0.05, 0.1) is 27.4 Å². The highest BCUT2D eigenvalue weighted by atomic mass is 32.2. The molecule has 1 amide bonds. The number of nitrogens with zero attached hydrogens (tertiary/aromatic N) is 1. The predicted octanol–water partition coefficient (Wildman–Crippen LogP) is 3.73. The Morgan fingerprint density at radius 1 is 1.12 bits per heavy atom. The van der Waals surface area contributed by atoms with Gasteiger partial charge in [0.15, 0.2) is 9.84 Å². The minimum Gasteiger partial charge on any atom is -0.322 e. The summed E-state index contributed by atoms with van der Waals surface area (Å²) in [4.78, 5) is 17.0. The van der Waals surface area contributed by atoms with Crippen LogP contribution in [0.1, 0.15) is 23.0 Å². The Balaban J connectivity index is 1.87. The number of anilines is 1. The fraction of sp³-hybridized carbons (Fsp3) is 0.158. The van der Waals surface area contributed by atoms with Crippen LogP contribution >= 0.6 is 0 Å². The summed E-state index contributed by atoms with van der Waals surface area (Å²) in [6.45, 7) is 3.25. The lowest BCUT2D eigenvalue weighted by molar-refractivity contribution is 0.102. The fourth-order valence-corrected chi connectivity index (χ4v) is 3.46. The molecule has 2 aromatic carbocycles. The molecule has 5 nitrogen and oxygen atoms in total. The smallest absolute Gasteiger partial charge is 0.257 e. The zero-order valence-corrected chi connectivity index (χ0v) is 15.1. The number of rotatable bonds is 4. The number of carbonyl (C=O) groups excluding carboxylic acids is 1. The van der Waals surface area contributed by atoms with E-state index in [4.69, 9.17) is 0 Å². The first kappa shape index (κ1) is 18.0. The Labute approximate surface area is 150 Å². The average Bonchev–Trinajstić information content (AvgIpc) is 2.61. The topological polar surface area (TPSA) is 76.1 Å². The first-order valence-electron chi connectivity index (χ1n) is 8.01. The standard InChI is InChI=1S/C19H17FN2O3S/c1-3-26(24,25)16-8-6-15(7-9-16)22-19(23)17-10-13-4-5-14(20)11-18(13)21-12(17)2/h4-11H,3H2,1-2H3,(H,22,23). The number of nitrogens with one attached hydrogen (secondary N) is 1. The van der Waals surface area contributed by atoms with Crippen LogP contribution in [0.25, 0.3) is 10.9 Å². The number of sulfone groups is 1. The molecule has 7 heteroatoms. The molecular weight excluding hydrogens is 355 g/mol. The van der Waals surface area contributed by atoms with Crippen molar-refractivity contribution in [2.45, 2.75) is 18.7 Å². The lowest BCUT2D eigenvalue weighted by atomic mass is 10.1. The third-order valence-electron chi connectivity index (χ3n) is 4.07. The molecule has 0 fully saturated rings. The highest BCUT2D eigenvalue weighted by molar-refractivity contribution is 7.91. The molecule has 134 valence electrons. The second kappa shape index (κ2) is 6.84. The number of hydrogen-bond acceptors (Lipinski definition) is 4. The van der Waals surface area contributed by atoms with E-state index in [1.165, 1.54) is 24.3 Å². The monoisotopic (exact) mass is 372 g/mol. The first-order chi connectivity index (χ1) is 12.3. The molecule has 0 saturated carbocycles. The number of amides is 1. The van der Waals surface area contributed by atoms with Gasteiger partial charge in [0.25, 0.3) is 5.91 Å². The SMILES string of the molecule is CCS(=O)(=O)c1ccc(NC(=O)c2cc3ccc(F)cc3nc2C)cc1. The molecular formula is C19H17FN2O3S. The van der Waals surface area contributed by atoms with Crippen molar-refractivity contribution in [3.8, 4) is 0 Å². The molecule has 0 radical (unpaired) electrons. The lowest BCUT2D eigenvalue weighted by Crippen LogP contribution is -2.14. The van der Waals surface area contributed by atoms with E-state index in [1.54, 1.807) is 38.1 Å². The molecule has 0 spiro atoms. The van der Waals surface area contributed by atoms with Gasteiger partial charge in [-0.3, -0.25) is 9.78 Å². The Kier molecular flexibility index (Phi) is 4.73. The van der Waals surface area contributed by atoms with Gasteiger partial charge in [-0.15, -0.1) is 0 Å². The summed E-state index contributed by atoms with van der Waals surface area (Å²) in [6.07, 6.45) is 0. The van der Waals surface area contributed by atoms with Crippen molar-refractivity contribution >= 4 is 32.3 Å². The number of fused-ring (bicyclic) bond motifs is 1. The van der Waals surface area contributed by atoms with Gasteiger partial charge in [-0.1, -0.05) is 6.92 Å². The minimum absolute atomic E-state index is 0.0151. The highest BCUT2D eigenvalue weighted by Crippen LogP contribution is 2.20. The van der Waals surface area contributed by atoms with Crippen LogP contribution in [0.2, 0.25) is 0 Å². The van der Waals surface area contributed by atoms with Crippen molar-refractivity contribution in [2.24, 2.45) is 0 Å². The average molecular weight is 372 g/mol. The third-order valence-corrected chi connectivity index (χ3v) is 5.82. The van der Waals surface area contributed by atoms with Crippen LogP contribution in [-0.4, -0.2) is 25.1 Å². The number of carbonyl (C=O) groups is 1. The van der Waals surface area contributed by atoms with Crippen LogP contribution in [0.15, 0.2) is 53.4 Å². The van der Waals surface area contributed by atoms with Crippen molar-refractivity contribution in [3.63, 3.8) is 0 Å². The summed E-state index contributed by atoms with van der Waals surface area (Å²) in [5, 5.41) is 3.38. The number of hydrogen-bond donors (Lipinski definition) is 1. The summed E-state index contributed by atoms with van der Waals surface area (Å²) in [5.41, 5.74) is 1.80. The van der Waals surface area contributed by atoms with Crippen LogP contribution < -0.4 is 5.32 Å². The van der Waals surface area contributed by atoms with E-state index in [9.17, 15) is 17.6 Å². The van der Waals surface area contributed by atoms with Crippen molar-refractivity contribution in [1.82, 2.24) is 4.98 Å². The molecule has 0 aliphatic rings. The molecule has 0 bridgehead atoms. The summed E-state index contributed by atoms with van der Waals surface area (Å²) in [7, 11) is -3.28. The summed E-state index contributed by atoms with van der Waals surface area (Å²) < 4.78 is 36.9. The number of benzene rings is 2. The Bertz CT molecular complexity index is 1090. The molecule has 0 aliphatic carbocycles. The van der Waals surface area contributed by atoms with Crippen LogP contribution in [0.4, 0.5) is 10.1 Å². The predicted molar refractivity (Wildman–Crippen MR) is 98.6 cm³/mol. The normalized spacial score (nSPS) is 11.5. The van der Waals surface area contributed by atoms with Crippen molar-refractivity contribution in [1.29, 1.82) is 0 Å². The van der Waals surface area contributed by atoms with E-state index in [2.05, 4.69) is 10.3 Å². The van der Waals surface area contributed by atoms with Crippen molar-refractivity contribution in [2.75, 3.05) is 11.1 Å². The molecule has 0 atom stereocenters. The van der Waals surface area contributed by atoms with E-state index in [0.29, 0.717) is 27.8 Å². The quantitative estimate of drug-likeness (QED) is 0.757. The van der Waals surface area contributed by atoms with E-state index in [-0.39, 0.29) is 22.4 Å². The van der Waals surface area contributed by atoms with Crippen molar-refractivity contribution < 1.29 is 17.6 Å². The van der Waals surface area contributed by atoms with Gasteiger partial charge in [0.1, 0.15) is 5.82 Å².